The topological polar surface area (TPSA) is 66.5 Å². The summed E-state index contributed by atoms with van der Waals surface area (Å²) in [5.74, 6) is -1.07. The molecule has 5 nitrogen and oxygen atoms in total. The molecule has 0 unspecified atom stereocenters. The van der Waals surface area contributed by atoms with Crippen LogP contribution >= 0.6 is 11.6 Å². The van der Waals surface area contributed by atoms with Crippen molar-refractivity contribution in [3.05, 3.63) is 94.3 Å². The number of carbonyl (C=O) groups is 1. The van der Waals surface area contributed by atoms with Gasteiger partial charge >= 0.3 is 0 Å². The van der Waals surface area contributed by atoms with Crippen LogP contribution < -0.4 is 5.32 Å². The standard InChI is InChI=1S/C23H22ClFN2O3S/c1-16-7-8-17(2)22(13-16)26-23(28)15-27(14-18-5-3-4-6-21(18)25)31(29,30)20-11-9-19(24)10-12-20/h3-13H,14-15H2,1-2H3,(H,26,28). The van der Waals surface area contributed by atoms with Gasteiger partial charge in [0.05, 0.1) is 11.4 Å². The zero-order chi connectivity index (χ0) is 22.6. The number of halogens is 2. The summed E-state index contributed by atoms with van der Waals surface area (Å²) in [4.78, 5) is 12.7. The number of nitrogens with one attached hydrogen (secondary N) is 1. The van der Waals surface area contributed by atoms with Crippen LogP contribution in [-0.2, 0) is 21.4 Å². The Hall–Kier alpha value is -2.74. The Morgan fingerprint density at radius 1 is 1.03 bits per heavy atom. The van der Waals surface area contributed by atoms with Crippen LogP contribution in [0.25, 0.3) is 0 Å². The Kier molecular flexibility index (Phi) is 7.10. The maximum absolute atomic E-state index is 14.2. The third kappa shape index (κ3) is 5.70. The van der Waals surface area contributed by atoms with Crippen molar-refractivity contribution in [2.75, 3.05) is 11.9 Å². The molecule has 0 aliphatic heterocycles. The van der Waals surface area contributed by atoms with Gasteiger partial charge in [-0.2, -0.15) is 4.31 Å². The van der Waals surface area contributed by atoms with Gasteiger partial charge in [0.25, 0.3) is 0 Å². The van der Waals surface area contributed by atoms with E-state index in [9.17, 15) is 17.6 Å². The van der Waals surface area contributed by atoms with E-state index >= 15 is 0 Å². The van der Waals surface area contributed by atoms with Gasteiger partial charge in [-0.25, -0.2) is 12.8 Å². The van der Waals surface area contributed by atoms with Gasteiger partial charge in [0.2, 0.25) is 15.9 Å². The van der Waals surface area contributed by atoms with Gasteiger partial charge < -0.3 is 5.32 Å². The van der Waals surface area contributed by atoms with Crippen LogP contribution in [-0.4, -0.2) is 25.2 Å². The van der Waals surface area contributed by atoms with E-state index in [1.54, 1.807) is 6.07 Å². The second-order valence-electron chi connectivity index (χ2n) is 7.18. The summed E-state index contributed by atoms with van der Waals surface area (Å²) in [6.45, 7) is 2.96. The predicted molar refractivity (Wildman–Crippen MR) is 120 cm³/mol. The molecule has 0 bridgehead atoms. The van der Waals surface area contributed by atoms with Crippen LogP contribution in [0.1, 0.15) is 16.7 Å². The molecular weight excluding hydrogens is 439 g/mol. The summed E-state index contributed by atoms with van der Waals surface area (Å²) in [5, 5.41) is 3.14. The van der Waals surface area contributed by atoms with E-state index < -0.39 is 28.3 Å². The normalized spacial score (nSPS) is 11.5. The molecule has 3 aromatic carbocycles. The third-order valence-electron chi connectivity index (χ3n) is 4.74. The van der Waals surface area contributed by atoms with Gasteiger partial charge in [-0.05, 0) is 61.4 Å². The Labute approximate surface area is 186 Å². The van der Waals surface area contributed by atoms with Crippen molar-refractivity contribution in [3.63, 3.8) is 0 Å². The highest BCUT2D eigenvalue weighted by molar-refractivity contribution is 7.89. The van der Waals surface area contributed by atoms with E-state index in [0.29, 0.717) is 10.7 Å². The molecule has 0 heterocycles. The lowest BCUT2D eigenvalue weighted by molar-refractivity contribution is -0.116. The van der Waals surface area contributed by atoms with Gasteiger partial charge in [0, 0.05) is 22.8 Å². The number of benzene rings is 3. The zero-order valence-corrected chi connectivity index (χ0v) is 18.7. The van der Waals surface area contributed by atoms with Crippen LogP contribution in [0, 0.1) is 19.7 Å². The summed E-state index contributed by atoms with van der Waals surface area (Å²) in [7, 11) is -4.09. The molecule has 1 amide bonds. The molecule has 162 valence electrons. The first-order valence-corrected chi connectivity index (χ1v) is 11.3. The monoisotopic (exact) mass is 460 g/mol. The van der Waals surface area contributed by atoms with Crippen molar-refractivity contribution in [1.82, 2.24) is 4.31 Å². The lowest BCUT2D eigenvalue weighted by Crippen LogP contribution is -2.37. The average Bonchev–Trinajstić information content (AvgIpc) is 2.72. The number of carbonyl (C=O) groups excluding carboxylic acids is 1. The van der Waals surface area contributed by atoms with Crippen LogP contribution in [0.5, 0.6) is 0 Å². The number of hydrogen-bond donors (Lipinski definition) is 1. The minimum Gasteiger partial charge on any atom is -0.325 e. The fraction of sp³-hybridized carbons (Fsp3) is 0.174. The summed E-state index contributed by atoms with van der Waals surface area (Å²) < 4.78 is 41.7. The molecule has 1 N–H and O–H groups in total. The zero-order valence-electron chi connectivity index (χ0n) is 17.1. The first-order valence-electron chi connectivity index (χ1n) is 9.53. The van der Waals surface area contributed by atoms with Crippen molar-refractivity contribution in [3.8, 4) is 0 Å². The van der Waals surface area contributed by atoms with Crippen molar-refractivity contribution >= 4 is 33.2 Å². The maximum Gasteiger partial charge on any atom is 0.243 e. The molecular formula is C23H22ClFN2O3S. The lowest BCUT2D eigenvalue weighted by atomic mass is 10.1. The van der Waals surface area contributed by atoms with Gasteiger partial charge in [0.1, 0.15) is 5.82 Å². The smallest absolute Gasteiger partial charge is 0.243 e. The van der Waals surface area contributed by atoms with Gasteiger partial charge in [-0.3, -0.25) is 4.79 Å². The third-order valence-corrected chi connectivity index (χ3v) is 6.80. The van der Waals surface area contributed by atoms with E-state index in [1.807, 2.05) is 32.0 Å². The van der Waals surface area contributed by atoms with Gasteiger partial charge in [-0.1, -0.05) is 41.9 Å². The molecule has 0 spiro atoms. The van der Waals surface area contributed by atoms with Crippen molar-refractivity contribution in [1.29, 1.82) is 0 Å². The summed E-state index contributed by atoms with van der Waals surface area (Å²) in [6, 6.07) is 17.1. The highest BCUT2D eigenvalue weighted by Crippen LogP contribution is 2.22. The van der Waals surface area contributed by atoms with Crippen molar-refractivity contribution in [2.45, 2.75) is 25.3 Å². The molecule has 0 radical (unpaired) electrons. The summed E-state index contributed by atoms with van der Waals surface area (Å²) in [6.07, 6.45) is 0. The predicted octanol–water partition coefficient (Wildman–Crippen LogP) is 4.93. The molecule has 3 aromatic rings. The number of anilines is 1. The van der Waals surface area contributed by atoms with E-state index in [1.165, 1.54) is 42.5 Å². The molecule has 0 saturated carbocycles. The minimum atomic E-state index is -4.09. The van der Waals surface area contributed by atoms with Gasteiger partial charge in [-0.15, -0.1) is 0 Å². The molecule has 0 saturated heterocycles. The van der Waals surface area contributed by atoms with E-state index in [0.717, 1.165) is 15.4 Å². The Balaban J connectivity index is 1.91. The molecule has 0 aliphatic rings. The number of amides is 1. The maximum atomic E-state index is 14.2. The Morgan fingerprint density at radius 3 is 2.39 bits per heavy atom. The SMILES string of the molecule is Cc1ccc(C)c(NC(=O)CN(Cc2ccccc2F)S(=O)(=O)c2ccc(Cl)cc2)c1. The second kappa shape index (κ2) is 9.60. The number of sulfonamides is 1. The molecule has 0 atom stereocenters. The first kappa shape index (κ1) is 22.9. The van der Waals surface area contributed by atoms with E-state index in [4.69, 9.17) is 11.6 Å². The van der Waals surface area contributed by atoms with Crippen LogP contribution in [0.3, 0.4) is 0 Å². The number of hydrogen-bond acceptors (Lipinski definition) is 3. The second-order valence-corrected chi connectivity index (χ2v) is 9.56. The summed E-state index contributed by atoms with van der Waals surface area (Å²) >= 11 is 5.87. The highest BCUT2D eigenvalue weighted by atomic mass is 35.5. The molecule has 0 aromatic heterocycles. The fourth-order valence-corrected chi connectivity index (χ4v) is 4.52. The number of nitrogens with zero attached hydrogens (tertiary/aromatic N) is 1. The number of aryl methyl sites for hydroxylation is 2. The highest BCUT2D eigenvalue weighted by Gasteiger charge is 2.28. The van der Waals surface area contributed by atoms with Crippen LogP contribution in [0.4, 0.5) is 10.1 Å². The Morgan fingerprint density at radius 2 is 1.71 bits per heavy atom. The summed E-state index contributed by atoms with van der Waals surface area (Å²) in [5.41, 5.74) is 2.57. The molecule has 31 heavy (non-hydrogen) atoms. The van der Waals surface area contributed by atoms with Gasteiger partial charge in [0.15, 0.2) is 0 Å². The van der Waals surface area contributed by atoms with Crippen molar-refractivity contribution in [2.24, 2.45) is 0 Å². The van der Waals surface area contributed by atoms with E-state index in [-0.39, 0.29) is 17.0 Å². The number of rotatable bonds is 7. The average molecular weight is 461 g/mol. The quantitative estimate of drug-likeness (QED) is 0.544. The van der Waals surface area contributed by atoms with E-state index in [2.05, 4.69) is 5.32 Å². The van der Waals surface area contributed by atoms with Crippen LogP contribution in [0.15, 0.2) is 71.6 Å². The lowest BCUT2D eigenvalue weighted by Gasteiger charge is -2.22. The van der Waals surface area contributed by atoms with Crippen LogP contribution in [0.2, 0.25) is 5.02 Å². The van der Waals surface area contributed by atoms with Crippen molar-refractivity contribution < 1.29 is 17.6 Å². The molecule has 3 rings (SSSR count). The Bertz CT molecular complexity index is 1200. The largest absolute Gasteiger partial charge is 0.325 e. The first-order chi connectivity index (χ1) is 14.7. The fourth-order valence-electron chi connectivity index (χ4n) is 3.02. The molecule has 0 fully saturated rings. The molecule has 8 heteroatoms. The molecule has 0 aliphatic carbocycles. The minimum absolute atomic E-state index is 0.0345.